The minimum absolute atomic E-state index is 0.133. The smallest absolute Gasteiger partial charge is 0.271 e. The van der Waals surface area contributed by atoms with Crippen LogP contribution in [0.3, 0.4) is 0 Å². The maximum Gasteiger partial charge on any atom is 0.271 e. The van der Waals surface area contributed by atoms with Gasteiger partial charge < -0.3 is 19.7 Å². The molecule has 0 bridgehead atoms. The van der Waals surface area contributed by atoms with Crippen LogP contribution in [0.5, 0.6) is 11.5 Å². The van der Waals surface area contributed by atoms with Crippen molar-refractivity contribution >= 4 is 11.7 Å². The summed E-state index contributed by atoms with van der Waals surface area (Å²) in [6, 6.07) is 4.35. The van der Waals surface area contributed by atoms with Crippen LogP contribution in [0.25, 0.3) is 0 Å². The predicted molar refractivity (Wildman–Crippen MR) is 106 cm³/mol. The molecule has 7 nitrogen and oxygen atoms in total. The Kier molecular flexibility index (Phi) is 5.32. The molecule has 0 saturated heterocycles. The van der Waals surface area contributed by atoms with Gasteiger partial charge in [-0.3, -0.25) is 4.79 Å². The number of fused-ring (bicyclic) bond motifs is 1. The van der Waals surface area contributed by atoms with Crippen LogP contribution < -0.4 is 19.7 Å². The van der Waals surface area contributed by atoms with Gasteiger partial charge in [-0.1, -0.05) is 12.8 Å². The number of nitrogens with one attached hydrogen (secondary N) is 1. The second-order valence-corrected chi connectivity index (χ2v) is 7.36. The van der Waals surface area contributed by atoms with Crippen LogP contribution in [-0.4, -0.2) is 42.7 Å². The summed E-state index contributed by atoms with van der Waals surface area (Å²) < 4.78 is 10.8. The number of methoxy groups -OCH3 is 2. The molecule has 2 heterocycles. The first-order valence-corrected chi connectivity index (χ1v) is 9.79. The highest BCUT2D eigenvalue weighted by molar-refractivity contribution is 5.92. The molecule has 7 heteroatoms. The van der Waals surface area contributed by atoms with Gasteiger partial charge in [0.1, 0.15) is 11.5 Å². The molecule has 2 aliphatic rings. The van der Waals surface area contributed by atoms with Crippen LogP contribution in [0.1, 0.15) is 47.3 Å². The number of rotatable bonds is 5. The van der Waals surface area contributed by atoms with Crippen molar-refractivity contribution in [3.05, 3.63) is 41.3 Å². The third-order valence-corrected chi connectivity index (χ3v) is 5.60. The number of amides is 1. The van der Waals surface area contributed by atoms with Gasteiger partial charge >= 0.3 is 0 Å². The molecule has 0 unspecified atom stereocenters. The molecule has 0 spiro atoms. The summed E-state index contributed by atoms with van der Waals surface area (Å²) in [4.78, 5) is 23.3. The fraction of sp³-hybridized carbons (Fsp3) is 0.476. The van der Waals surface area contributed by atoms with E-state index in [1.807, 2.05) is 12.1 Å². The molecule has 1 saturated carbocycles. The number of benzene rings is 1. The summed E-state index contributed by atoms with van der Waals surface area (Å²) in [6.45, 7) is 1.56. The maximum absolute atomic E-state index is 12.3. The Labute approximate surface area is 165 Å². The molecule has 1 N–H and O–H groups in total. The van der Waals surface area contributed by atoms with Crippen LogP contribution in [0, 0.1) is 0 Å². The molecule has 1 fully saturated rings. The second-order valence-electron chi connectivity index (χ2n) is 7.36. The highest BCUT2D eigenvalue weighted by Crippen LogP contribution is 2.34. The topological polar surface area (TPSA) is 76.6 Å². The average Bonchev–Trinajstić information content (AvgIpc) is 3.25. The number of carbonyl (C=O) groups excluding carboxylic acids is 1. The molecule has 1 aliphatic carbocycles. The van der Waals surface area contributed by atoms with Crippen molar-refractivity contribution < 1.29 is 14.3 Å². The molecule has 1 aliphatic heterocycles. The van der Waals surface area contributed by atoms with Gasteiger partial charge in [0.15, 0.2) is 11.5 Å². The predicted octanol–water partition coefficient (Wildman–Crippen LogP) is 2.73. The number of nitrogens with zero attached hydrogens (tertiary/aromatic N) is 3. The van der Waals surface area contributed by atoms with E-state index < -0.39 is 0 Å². The average molecular weight is 382 g/mol. The minimum atomic E-state index is -0.133. The molecule has 1 aromatic heterocycles. The monoisotopic (exact) mass is 382 g/mol. The Balaban J connectivity index is 1.46. The molecular formula is C21H26N4O3. The van der Waals surface area contributed by atoms with Crippen molar-refractivity contribution in [2.24, 2.45) is 0 Å². The third kappa shape index (κ3) is 3.74. The summed E-state index contributed by atoms with van der Waals surface area (Å²) in [5.41, 5.74) is 2.82. The van der Waals surface area contributed by atoms with E-state index in [9.17, 15) is 4.79 Å². The highest BCUT2D eigenvalue weighted by Gasteiger charge is 2.22. The maximum atomic E-state index is 12.3. The number of anilines is 1. The Bertz CT molecular complexity index is 847. The summed E-state index contributed by atoms with van der Waals surface area (Å²) >= 11 is 0. The van der Waals surface area contributed by atoms with E-state index in [0.717, 1.165) is 49.7 Å². The molecule has 4 rings (SSSR count). The van der Waals surface area contributed by atoms with Crippen molar-refractivity contribution in [2.75, 3.05) is 25.7 Å². The van der Waals surface area contributed by atoms with Crippen molar-refractivity contribution in [3.8, 4) is 11.5 Å². The normalized spacial score (nSPS) is 16.6. The molecule has 0 radical (unpaired) electrons. The third-order valence-electron chi connectivity index (χ3n) is 5.60. The standard InChI is InChI=1S/C21H26N4O3/c1-27-18-9-14-7-8-25(13-15(14)10-19(18)28-2)20-12-22-17(11-23-20)21(26)24-16-5-3-4-6-16/h9-12,16H,3-8,13H2,1-2H3,(H,24,26). The molecular weight excluding hydrogens is 356 g/mol. The lowest BCUT2D eigenvalue weighted by atomic mass is 9.99. The summed E-state index contributed by atoms with van der Waals surface area (Å²) in [5.74, 6) is 2.13. The summed E-state index contributed by atoms with van der Waals surface area (Å²) in [5, 5.41) is 3.05. The zero-order chi connectivity index (χ0) is 19.5. The second kappa shape index (κ2) is 8.04. The zero-order valence-electron chi connectivity index (χ0n) is 16.4. The molecule has 1 aromatic carbocycles. The van der Waals surface area contributed by atoms with E-state index in [-0.39, 0.29) is 11.9 Å². The van der Waals surface area contributed by atoms with Crippen molar-refractivity contribution in [1.29, 1.82) is 0 Å². The van der Waals surface area contributed by atoms with Gasteiger partial charge in [0.25, 0.3) is 5.91 Å². The summed E-state index contributed by atoms with van der Waals surface area (Å²) in [6.07, 6.45) is 8.63. The molecule has 1 amide bonds. The van der Waals surface area contributed by atoms with Gasteiger partial charge in [-0.2, -0.15) is 0 Å². The van der Waals surface area contributed by atoms with E-state index in [1.165, 1.54) is 24.0 Å². The number of hydrogen-bond acceptors (Lipinski definition) is 6. The van der Waals surface area contributed by atoms with Crippen molar-refractivity contribution in [3.63, 3.8) is 0 Å². The Morgan fingerprint density at radius 1 is 1.07 bits per heavy atom. The van der Waals surface area contributed by atoms with E-state index >= 15 is 0 Å². The SMILES string of the molecule is COc1cc2c(cc1OC)CN(c1cnc(C(=O)NC3CCCC3)cn1)CC2. The minimum Gasteiger partial charge on any atom is -0.493 e. The van der Waals surface area contributed by atoms with Crippen LogP contribution >= 0.6 is 0 Å². The van der Waals surface area contributed by atoms with E-state index in [2.05, 4.69) is 20.2 Å². The number of hydrogen-bond donors (Lipinski definition) is 1. The fourth-order valence-corrected chi connectivity index (χ4v) is 4.01. The van der Waals surface area contributed by atoms with Crippen LogP contribution in [0.15, 0.2) is 24.5 Å². The van der Waals surface area contributed by atoms with Crippen LogP contribution in [0.4, 0.5) is 5.82 Å². The highest BCUT2D eigenvalue weighted by atomic mass is 16.5. The van der Waals surface area contributed by atoms with Crippen LogP contribution in [-0.2, 0) is 13.0 Å². The first kappa shape index (κ1) is 18.5. The molecule has 148 valence electrons. The first-order valence-electron chi connectivity index (χ1n) is 9.79. The fourth-order valence-electron chi connectivity index (χ4n) is 4.01. The van der Waals surface area contributed by atoms with Crippen molar-refractivity contribution in [2.45, 2.75) is 44.7 Å². The van der Waals surface area contributed by atoms with Crippen molar-refractivity contribution in [1.82, 2.24) is 15.3 Å². The largest absolute Gasteiger partial charge is 0.493 e. The zero-order valence-corrected chi connectivity index (χ0v) is 16.4. The van der Waals surface area contributed by atoms with Gasteiger partial charge in [-0.25, -0.2) is 9.97 Å². The van der Waals surface area contributed by atoms with Gasteiger partial charge in [0.05, 0.1) is 26.6 Å². The van der Waals surface area contributed by atoms with Gasteiger partial charge in [0, 0.05) is 19.1 Å². The number of carbonyl (C=O) groups is 1. The lowest BCUT2D eigenvalue weighted by Gasteiger charge is -2.30. The molecule has 28 heavy (non-hydrogen) atoms. The molecule has 0 atom stereocenters. The van der Waals surface area contributed by atoms with Gasteiger partial charge in [-0.05, 0) is 42.5 Å². The van der Waals surface area contributed by atoms with Gasteiger partial charge in [0.2, 0.25) is 0 Å². The molecule has 2 aromatic rings. The quantitative estimate of drug-likeness (QED) is 0.857. The van der Waals surface area contributed by atoms with Crippen LogP contribution in [0.2, 0.25) is 0 Å². The summed E-state index contributed by atoms with van der Waals surface area (Å²) in [7, 11) is 3.30. The Morgan fingerprint density at radius 2 is 1.79 bits per heavy atom. The lowest BCUT2D eigenvalue weighted by Crippen LogP contribution is -2.34. The number of aromatic nitrogens is 2. The Morgan fingerprint density at radius 3 is 2.43 bits per heavy atom. The van der Waals surface area contributed by atoms with Gasteiger partial charge in [-0.15, -0.1) is 0 Å². The first-order chi connectivity index (χ1) is 13.7. The van der Waals surface area contributed by atoms with E-state index in [4.69, 9.17) is 9.47 Å². The lowest BCUT2D eigenvalue weighted by molar-refractivity contribution is 0.0932. The van der Waals surface area contributed by atoms with E-state index in [0.29, 0.717) is 5.69 Å². The Hall–Kier alpha value is -2.83. The number of ether oxygens (including phenoxy) is 2. The van der Waals surface area contributed by atoms with E-state index in [1.54, 1.807) is 26.6 Å².